The maximum atomic E-state index is 11.6. The van der Waals surface area contributed by atoms with E-state index in [1.807, 2.05) is 0 Å². The maximum absolute atomic E-state index is 11.6. The zero-order valence-electron chi connectivity index (χ0n) is 12.5. The summed E-state index contributed by atoms with van der Waals surface area (Å²) in [6, 6.07) is 0. The van der Waals surface area contributed by atoms with Gasteiger partial charge >= 0.3 is 0 Å². The highest BCUT2D eigenvalue weighted by atomic mass is 35.5. The van der Waals surface area contributed by atoms with E-state index in [1.165, 1.54) is 6.42 Å². The zero-order valence-corrected chi connectivity index (χ0v) is 13.4. The molecule has 0 radical (unpaired) electrons. The van der Waals surface area contributed by atoms with Gasteiger partial charge in [0.25, 0.3) is 0 Å². The van der Waals surface area contributed by atoms with Crippen molar-refractivity contribution in [3.8, 4) is 0 Å². The molecule has 1 rings (SSSR count). The number of amides is 2. The van der Waals surface area contributed by atoms with Gasteiger partial charge in [-0.05, 0) is 44.2 Å². The smallest absolute Gasteiger partial charge is 0.239 e. The van der Waals surface area contributed by atoms with E-state index in [0.717, 1.165) is 25.9 Å². The minimum Gasteiger partial charge on any atom is -0.354 e. The van der Waals surface area contributed by atoms with Gasteiger partial charge in [-0.3, -0.25) is 9.59 Å². The summed E-state index contributed by atoms with van der Waals surface area (Å²) in [7, 11) is 0. The van der Waals surface area contributed by atoms with Crippen molar-refractivity contribution in [2.45, 2.75) is 39.5 Å². The normalized spacial score (nSPS) is 18.2. The van der Waals surface area contributed by atoms with Gasteiger partial charge in [-0.15, -0.1) is 12.4 Å². The monoisotopic (exact) mass is 305 g/mol. The first-order valence-corrected chi connectivity index (χ1v) is 7.32. The highest BCUT2D eigenvalue weighted by Crippen LogP contribution is 2.07. The van der Waals surface area contributed by atoms with Crippen LogP contribution in [0.15, 0.2) is 0 Å². The number of carbonyl (C=O) groups is 2. The predicted octanol–water partition coefficient (Wildman–Crippen LogP) is 1.08. The molecule has 0 spiro atoms. The zero-order chi connectivity index (χ0) is 14.1. The van der Waals surface area contributed by atoms with Crippen LogP contribution in [0.1, 0.15) is 39.5 Å². The molecule has 2 amide bonds. The minimum atomic E-state index is -0.0940. The van der Waals surface area contributed by atoms with Crippen LogP contribution in [0.25, 0.3) is 0 Å². The SMILES string of the molecule is CC(C)CCC(=O)NCC(=O)NCC1CCCNC1.Cl. The van der Waals surface area contributed by atoms with Crippen LogP contribution >= 0.6 is 12.4 Å². The Labute approximate surface area is 128 Å². The van der Waals surface area contributed by atoms with Crippen LogP contribution in [0.3, 0.4) is 0 Å². The summed E-state index contributed by atoms with van der Waals surface area (Å²) in [6.45, 7) is 7.01. The van der Waals surface area contributed by atoms with Gasteiger partial charge in [-0.25, -0.2) is 0 Å². The highest BCUT2D eigenvalue weighted by Gasteiger charge is 2.14. The first kappa shape index (κ1) is 19.2. The lowest BCUT2D eigenvalue weighted by molar-refractivity contribution is -0.126. The molecule has 0 aromatic carbocycles. The average Bonchev–Trinajstić information content (AvgIpc) is 2.41. The van der Waals surface area contributed by atoms with Crippen LogP contribution in [0.2, 0.25) is 0 Å². The second-order valence-corrected chi connectivity index (χ2v) is 5.73. The van der Waals surface area contributed by atoms with Crippen molar-refractivity contribution in [3.63, 3.8) is 0 Å². The van der Waals surface area contributed by atoms with Crippen molar-refractivity contribution in [2.24, 2.45) is 11.8 Å². The van der Waals surface area contributed by atoms with Crippen molar-refractivity contribution in [1.29, 1.82) is 0 Å². The molecule has 0 bridgehead atoms. The molecule has 1 atom stereocenters. The molecule has 118 valence electrons. The lowest BCUT2D eigenvalue weighted by atomic mass is 10.00. The molecule has 1 aliphatic heterocycles. The molecular weight excluding hydrogens is 278 g/mol. The molecule has 0 aromatic heterocycles. The summed E-state index contributed by atoms with van der Waals surface area (Å²) in [5.41, 5.74) is 0. The van der Waals surface area contributed by atoms with Gasteiger partial charge in [-0.1, -0.05) is 13.8 Å². The molecule has 3 N–H and O–H groups in total. The standard InChI is InChI=1S/C14H27N3O2.ClH/c1-11(2)5-6-13(18)17-10-14(19)16-9-12-4-3-7-15-8-12;/h11-12,15H,3-10H2,1-2H3,(H,16,19)(H,17,18);1H. The third-order valence-electron chi connectivity index (χ3n) is 3.38. The molecule has 0 aliphatic carbocycles. The summed E-state index contributed by atoms with van der Waals surface area (Å²) in [5.74, 6) is 0.902. The topological polar surface area (TPSA) is 70.2 Å². The molecule has 6 heteroatoms. The van der Waals surface area contributed by atoms with Crippen LogP contribution in [-0.2, 0) is 9.59 Å². The lowest BCUT2D eigenvalue weighted by Crippen LogP contribution is -2.42. The average molecular weight is 306 g/mol. The minimum absolute atomic E-state index is 0. The van der Waals surface area contributed by atoms with Crippen molar-refractivity contribution in [3.05, 3.63) is 0 Å². The van der Waals surface area contributed by atoms with Crippen LogP contribution in [0.4, 0.5) is 0 Å². The summed E-state index contributed by atoms with van der Waals surface area (Å²) in [5, 5.41) is 8.85. The van der Waals surface area contributed by atoms with Crippen LogP contribution in [0, 0.1) is 11.8 Å². The Hall–Kier alpha value is -0.810. The van der Waals surface area contributed by atoms with E-state index in [4.69, 9.17) is 0 Å². The van der Waals surface area contributed by atoms with Crippen molar-refractivity contribution < 1.29 is 9.59 Å². The fourth-order valence-corrected chi connectivity index (χ4v) is 2.11. The van der Waals surface area contributed by atoms with Gasteiger partial charge < -0.3 is 16.0 Å². The van der Waals surface area contributed by atoms with Gasteiger partial charge in [0.05, 0.1) is 6.54 Å². The third kappa shape index (κ3) is 9.15. The number of hydrogen-bond acceptors (Lipinski definition) is 3. The van der Waals surface area contributed by atoms with Gasteiger partial charge in [-0.2, -0.15) is 0 Å². The maximum Gasteiger partial charge on any atom is 0.239 e. The molecule has 5 nitrogen and oxygen atoms in total. The Bertz CT molecular complexity index is 292. The van der Waals surface area contributed by atoms with Crippen molar-refractivity contribution in [2.75, 3.05) is 26.2 Å². The number of hydrogen-bond donors (Lipinski definition) is 3. The van der Waals surface area contributed by atoms with E-state index in [9.17, 15) is 9.59 Å². The molecule has 0 aromatic rings. The fourth-order valence-electron chi connectivity index (χ4n) is 2.11. The predicted molar refractivity (Wildman–Crippen MR) is 82.9 cm³/mol. The Kier molecular flexibility index (Phi) is 10.5. The molecule has 1 fully saturated rings. The van der Waals surface area contributed by atoms with E-state index in [-0.39, 0.29) is 30.8 Å². The quantitative estimate of drug-likeness (QED) is 0.659. The van der Waals surface area contributed by atoms with E-state index >= 15 is 0 Å². The number of rotatable bonds is 7. The van der Waals surface area contributed by atoms with Crippen LogP contribution in [0.5, 0.6) is 0 Å². The Morgan fingerprint density at radius 3 is 2.60 bits per heavy atom. The van der Waals surface area contributed by atoms with Crippen LogP contribution < -0.4 is 16.0 Å². The molecule has 1 heterocycles. The molecule has 20 heavy (non-hydrogen) atoms. The summed E-state index contributed by atoms with van der Waals surface area (Å²) in [4.78, 5) is 23.0. The van der Waals surface area contributed by atoms with Crippen molar-refractivity contribution >= 4 is 24.2 Å². The lowest BCUT2D eigenvalue weighted by Gasteiger charge is -2.22. The molecule has 1 aliphatic rings. The molecular formula is C14H28ClN3O2. The summed E-state index contributed by atoms with van der Waals surface area (Å²) in [6.07, 6.45) is 3.69. The Morgan fingerprint density at radius 1 is 1.25 bits per heavy atom. The Balaban J connectivity index is 0.00000361. The molecule has 1 saturated heterocycles. The first-order valence-electron chi connectivity index (χ1n) is 7.32. The van der Waals surface area contributed by atoms with Gasteiger partial charge in [0.2, 0.25) is 11.8 Å². The van der Waals surface area contributed by atoms with E-state index in [0.29, 0.717) is 24.8 Å². The van der Waals surface area contributed by atoms with Crippen molar-refractivity contribution in [1.82, 2.24) is 16.0 Å². The van der Waals surface area contributed by atoms with Gasteiger partial charge in [0.15, 0.2) is 0 Å². The summed E-state index contributed by atoms with van der Waals surface area (Å²) < 4.78 is 0. The number of nitrogens with one attached hydrogen (secondary N) is 3. The molecule has 0 saturated carbocycles. The first-order chi connectivity index (χ1) is 9.08. The van der Waals surface area contributed by atoms with Gasteiger partial charge in [0.1, 0.15) is 0 Å². The summed E-state index contributed by atoms with van der Waals surface area (Å²) >= 11 is 0. The van der Waals surface area contributed by atoms with Gasteiger partial charge in [0, 0.05) is 13.0 Å². The Morgan fingerprint density at radius 2 is 2.00 bits per heavy atom. The van der Waals surface area contributed by atoms with E-state index < -0.39 is 0 Å². The largest absolute Gasteiger partial charge is 0.354 e. The van der Waals surface area contributed by atoms with E-state index in [2.05, 4.69) is 29.8 Å². The third-order valence-corrected chi connectivity index (χ3v) is 3.38. The second-order valence-electron chi connectivity index (χ2n) is 5.73. The number of piperidine rings is 1. The molecule has 1 unspecified atom stereocenters. The number of carbonyl (C=O) groups excluding carboxylic acids is 2. The fraction of sp³-hybridized carbons (Fsp3) is 0.857. The number of halogens is 1. The van der Waals surface area contributed by atoms with E-state index in [1.54, 1.807) is 0 Å². The van der Waals surface area contributed by atoms with Crippen LogP contribution in [-0.4, -0.2) is 38.0 Å². The second kappa shape index (κ2) is 10.9. The highest BCUT2D eigenvalue weighted by molar-refractivity contribution is 5.85.